The van der Waals surface area contributed by atoms with Crippen LogP contribution in [0.1, 0.15) is 25.7 Å². The van der Waals surface area contributed by atoms with E-state index < -0.39 is 3.79 Å². The minimum atomic E-state index is -1.41. The normalized spacial score (nSPS) is 26.6. The van der Waals surface area contributed by atoms with Gasteiger partial charge in [0.1, 0.15) is 0 Å². The van der Waals surface area contributed by atoms with Gasteiger partial charge in [-0.1, -0.05) is 84.0 Å². The Morgan fingerprint density at radius 1 is 0.680 bits per heavy atom. The van der Waals surface area contributed by atoms with Gasteiger partial charge in [0.15, 0.2) is 6.17 Å². The van der Waals surface area contributed by atoms with E-state index in [2.05, 4.69) is 34.1 Å². The van der Waals surface area contributed by atoms with Gasteiger partial charge in [0.25, 0.3) is 0 Å². The summed E-state index contributed by atoms with van der Waals surface area (Å²) >= 11 is 19.6. The third kappa shape index (κ3) is 3.20. The largest absolute Gasteiger partial charge is 0.342 e. The lowest BCUT2D eigenvalue weighted by molar-refractivity contribution is 0.409. The SMILES string of the molecule is ClC(Cl)(Cl)C1N(c2ccccc2)[C@@H]2CCCC[C@@H]2N1c1ccccc1. The van der Waals surface area contributed by atoms with Gasteiger partial charge < -0.3 is 9.80 Å². The van der Waals surface area contributed by atoms with Gasteiger partial charge in [-0.25, -0.2) is 0 Å². The second kappa shape index (κ2) is 6.90. The first-order valence-electron chi connectivity index (χ1n) is 8.81. The Balaban J connectivity index is 1.85. The van der Waals surface area contributed by atoms with Crippen LogP contribution in [0.2, 0.25) is 0 Å². The molecule has 0 aromatic heterocycles. The zero-order chi connectivity index (χ0) is 17.4. The van der Waals surface area contributed by atoms with Gasteiger partial charge >= 0.3 is 0 Å². The molecule has 1 saturated carbocycles. The van der Waals surface area contributed by atoms with E-state index in [1.807, 2.05) is 36.4 Å². The van der Waals surface area contributed by atoms with Gasteiger partial charge in [0, 0.05) is 11.4 Å². The Bertz CT molecular complexity index is 646. The number of alkyl halides is 3. The summed E-state index contributed by atoms with van der Waals surface area (Å²) in [6.07, 6.45) is 4.37. The van der Waals surface area contributed by atoms with Gasteiger partial charge in [-0.2, -0.15) is 0 Å². The maximum atomic E-state index is 6.54. The van der Waals surface area contributed by atoms with Crippen molar-refractivity contribution in [3.63, 3.8) is 0 Å². The maximum absolute atomic E-state index is 6.54. The molecule has 0 bridgehead atoms. The average Bonchev–Trinajstić information content (AvgIpc) is 2.99. The number of benzene rings is 2. The highest BCUT2D eigenvalue weighted by Crippen LogP contribution is 2.49. The summed E-state index contributed by atoms with van der Waals surface area (Å²) in [5, 5.41) is 0. The lowest BCUT2D eigenvalue weighted by Gasteiger charge is -2.38. The van der Waals surface area contributed by atoms with Crippen LogP contribution < -0.4 is 9.80 Å². The summed E-state index contributed by atoms with van der Waals surface area (Å²) < 4.78 is -1.41. The molecule has 2 aromatic carbocycles. The van der Waals surface area contributed by atoms with Crippen molar-refractivity contribution in [2.45, 2.75) is 47.7 Å². The molecule has 2 aromatic rings. The molecule has 0 amide bonds. The van der Waals surface area contributed by atoms with Crippen LogP contribution >= 0.6 is 34.8 Å². The molecular formula is C20H21Cl3N2. The molecular weight excluding hydrogens is 375 g/mol. The predicted molar refractivity (Wildman–Crippen MR) is 108 cm³/mol. The molecule has 1 saturated heterocycles. The number of hydrogen-bond acceptors (Lipinski definition) is 2. The van der Waals surface area contributed by atoms with Crippen molar-refractivity contribution in [1.29, 1.82) is 0 Å². The van der Waals surface area contributed by atoms with E-state index in [1.54, 1.807) is 0 Å². The van der Waals surface area contributed by atoms with Gasteiger partial charge in [-0.15, -0.1) is 0 Å². The number of rotatable bonds is 2. The summed E-state index contributed by atoms with van der Waals surface area (Å²) in [5.41, 5.74) is 2.24. The van der Waals surface area contributed by atoms with Gasteiger partial charge in [0.05, 0.1) is 12.1 Å². The van der Waals surface area contributed by atoms with Crippen molar-refractivity contribution in [1.82, 2.24) is 0 Å². The molecule has 0 radical (unpaired) electrons. The third-order valence-electron chi connectivity index (χ3n) is 5.34. The van der Waals surface area contributed by atoms with Crippen molar-refractivity contribution in [3.8, 4) is 0 Å². The second-order valence-electron chi connectivity index (χ2n) is 6.82. The zero-order valence-electron chi connectivity index (χ0n) is 13.9. The first-order chi connectivity index (χ1) is 12.1. The first-order valence-corrected chi connectivity index (χ1v) is 9.94. The number of anilines is 2. The molecule has 132 valence electrons. The minimum Gasteiger partial charge on any atom is -0.342 e. The summed E-state index contributed by atoms with van der Waals surface area (Å²) in [4.78, 5) is 4.67. The van der Waals surface area contributed by atoms with E-state index >= 15 is 0 Å². The number of hydrogen-bond donors (Lipinski definition) is 0. The standard InChI is InChI=1S/C20H21Cl3N2/c21-20(22,23)19-24(15-9-3-1-4-10-15)17-13-7-8-14-18(17)25(19)16-11-5-2-6-12-16/h1-6,9-12,17-19H,7-8,13-14H2/t17-,18+,19?. The molecule has 1 aliphatic heterocycles. The van der Waals surface area contributed by atoms with Crippen molar-refractivity contribution in [3.05, 3.63) is 60.7 Å². The molecule has 25 heavy (non-hydrogen) atoms. The van der Waals surface area contributed by atoms with Gasteiger partial charge in [-0.3, -0.25) is 0 Å². The van der Waals surface area contributed by atoms with Crippen LogP contribution in [-0.4, -0.2) is 22.0 Å². The topological polar surface area (TPSA) is 6.48 Å². The molecule has 2 nitrogen and oxygen atoms in total. The molecule has 1 aliphatic carbocycles. The third-order valence-corrected chi connectivity index (χ3v) is 5.92. The molecule has 2 aliphatic rings. The van der Waals surface area contributed by atoms with E-state index in [1.165, 1.54) is 12.8 Å². The van der Waals surface area contributed by atoms with E-state index in [0.29, 0.717) is 12.1 Å². The lowest BCUT2D eigenvalue weighted by Crippen LogP contribution is -2.50. The Labute approximate surface area is 164 Å². The average molecular weight is 396 g/mol. The van der Waals surface area contributed by atoms with E-state index in [9.17, 15) is 0 Å². The van der Waals surface area contributed by atoms with E-state index in [4.69, 9.17) is 34.8 Å². The van der Waals surface area contributed by atoms with Crippen LogP contribution in [0, 0.1) is 0 Å². The van der Waals surface area contributed by atoms with Crippen LogP contribution in [0.15, 0.2) is 60.7 Å². The summed E-state index contributed by atoms with van der Waals surface area (Å²) in [6.45, 7) is 0. The van der Waals surface area contributed by atoms with E-state index in [-0.39, 0.29) is 6.17 Å². The maximum Gasteiger partial charge on any atom is 0.228 e. The highest BCUT2D eigenvalue weighted by molar-refractivity contribution is 6.68. The summed E-state index contributed by atoms with van der Waals surface area (Å²) in [7, 11) is 0. The van der Waals surface area contributed by atoms with Crippen LogP contribution in [0.4, 0.5) is 11.4 Å². The first kappa shape index (κ1) is 17.3. The molecule has 0 N–H and O–H groups in total. The van der Waals surface area contributed by atoms with Crippen LogP contribution in [0.3, 0.4) is 0 Å². The lowest BCUT2D eigenvalue weighted by atomic mass is 9.90. The minimum absolute atomic E-state index is 0.324. The number of halogens is 3. The highest BCUT2D eigenvalue weighted by Gasteiger charge is 2.55. The van der Waals surface area contributed by atoms with Crippen LogP contribution in [-0.2, 0) is 0 Å². The van der Waals surface area contributed by atoms with Gasteiger partial charge in [0.2, 0.25) is 3.79 Å². The quantitative estimate of drug-likeness (QED) is 0.574. The second-order valence-corrected chi connectivity index (χ2v) is 9.19. The van der Waals surface area contributed by atoms with Crippen molar-refractivity contribution in [2.24, 2.45) is 0 Å². The molecule has 1 heterocycles. The van der Waals surface area contributed by atoms with Gasteiger partial charge in [-0.05, 0) is 37.1 Å². The fourth-order valence-corrected chi connectivity index (χ4v) is 5.05. The summed E-state index contributed by atoms with van der Waals surface area (Å²) in [5.74, 6) is 0. The zero-order valence-corrected chi connectivity index (χ0v) is 16.1. The molecule has 0 spiro atoms. The molecule has 5 heteroatoms. The molecule has 4 rings (SSSR count). The Morgan fingerprint density at radius 3 is 1.44 bits per heavy atom. The fraction of sp³-hybridized carbons (Fsp3) is 0.400. The molecule has 2 fully saturated rings. The van der Waals surface area contributed by atoms with Crippen LogP contribution in [0.5, 0.6) is 0 Å². The number of nitrogens with zero attached hydrogens (tertiary/aromatic N) is 2. The number of para-hydroxylation sites is 2. The molecule has 3 atom stereocenters. The smallest absolute Gasteiger partial charge is 0.228 e. The Morgan fingerprint density at radius 2 is 1.08 bits per heavy atom. The van der Waals surface area contributed by atoms with Crippen molar-refractivity contribution < 1.29 is 0 Å². The summed E-state index contributed by atoms with van der Waals surface area (Å²) in [6, 6.07) is 21.4. The molecule has 1 unspecified atom stereocenters. The fourth-order valence-electron chi connectivity index (χ4n) is 4.42. The predicted octanol–water partition coefficient (Wildman–Crippen LogP) is 6.02. The van der Waals surface area contributed by atoms with E-state index in [0.717, 1.165) is 24.2 Å². The van der Waals surface area contributed by atoms with Crippen molar-refractivity contribution in [2.75, 3.05) is 9.80 Å². The highest BCUT2D eigenvalue weighted by atomic mass is 35.6. The number of fused-ring (bicyclic) bond motifs is 1. The Kier molecular flexibility index (Phi) is 4.79. The Hall–Kier alpha value is -1.09. The monoisotopic (exact) mass is 394 g/mol. The van der Waals surface area contributed by atoms with Crippen LogP contribution in [0.25, 0.3) is 0 Å². The van der Waals surface area contributed by atoms with Crippen molar-refractivity contribution >= 4 is 46.2 Å².